The number of sulfone groups is 1. The molecule has 7 nitrogen and oxygen atoms in total. The summed E-state index contributed by atoms with van der Waals surface area (Å²) in [6, 6.07) is 7.29. The number of carbonyl (C=O) groups is 1. The molecule has 0 spiro atoms. The van der Waals surface area contributed by atoms with E-state index < -0.39 is 28.0 Å². The molecule has 0 saturated carbocycles. The molecule has 0 aliphatic carbocycles. The van der Waals surface area contributed by atoms with Crippen LogP contribution in [0.2, 0.25) is 5.02 Å². The number of hydrogen-bond donors (Lipinski definition) is 0. The fraction of sp³-hybridized carbons (Fsp3) is 0.458. The Morgan fingerprint density at radius 2 is 1.89 bits per heavy atom. The normalized spacial score (nSPS) is 22.2. The lowest BCUT2D eigenvalue weighted by atomic mass is 10.1. The van der Waals surface area contributed by atoms with Gasteiger partial charge in [0, 0.05) is 25.9 Å². The summed E-state index contributed by atoms with van der Waals surface area (Å²) in [4.78, 5) is 16.9. The number of fused-ring (bicyclic) bond motifs is 3. The van der Waals surface area contributed by atoms with Crippen molar-refractivity contribution in [3.8, 4) is 5.75 Å². The summed E-state index contributed by atoms with van der Waals surface area (Å²) in [5.74, 6) is -0.965. The largest absolute Gasteiger partial charge is 0.480 e. The number of nitrogens with zero attached hydrogens (tertiary/aromatic N) is 2. The van der Waals surface area contributed by atoms with Crippen molar-refractivity contribution in [1.82, 2.24) is 4.90 Å². The lowest BCUT2D eigenvalue weighted by Gasteiger charge is -2.30. The first-order valence-corrected chi connectivity index (χ1v) is 13.6. The molecule has 2 aromatic rings. The number of carbonyl (C=O) groups excluding carboxylic acids is 1. The van der Waals surface area contributed by atoms with Crippen molar-refractivity contribution in [1.29, 1.82) is 0 Å². The van der Waals surface area contributed by atoms with Crippen molar-refractivity contribution < 1.29 is 35.9 Å². The van der Waals surface area contributed by atoms with Gasteiger partial charge in [-0.25, -0.2) is 8.42 Å². The quantitative estimate of drug-likeness (QED) is 0.561. The molecule has 36 heavy (non-hydrogen) atoms. The average molecular weight is 545 g/mol. The number of benzene rings is 2. The lowest BCUT2D eigenvalue weighted by Crippen LogP contribution is -2.37. The number of rotatable bonds is 5. The monoisotopic (exact) mass is 544 g/mol. The Balaban J connectivity index is 1.44. The van der Waals surface area contributed by atoms with E-state index in [1.165, 1.54) is 4.90 Å². The Morgan fingerprint density at radius 1 is 1.19 bits per heavy atom. The molecule has 1 amide bonds. The van der Waals surface area contributed by atoms with Crippen molar-refractivity contribution in [2.45, 2.75) is 55.8 Å². The van der Waals surface area contributed by atoms with E-state index in [9.17, 15) is 26.4 Å². The minimum absolute atomic E-state index is 0.178. The minimum atomic E-state index is -4.66. The molecular weight excluding hydrogens is 521 g/mol. The Hall–Kier alpha value is -2.50. The van der Waals surface area contributed by atoms with Crippen LogP contribution in [0, 0.1) is 0 Å². The van der Waals surface area contributed by atoms with Crippen LogP contribution < -0.4 is 9.64 Å². The van der Waals surface area contributed by atoms with Gasteiger partial charge in [-0.2, -0.15) is 13.2 Å². The predicted octanol–water partition coefficient (Wildman–Crippen LogP) is 4.21. The lowest BCUT2D eigenvalue weighted by molar-refractivity contribution is -0.189. The van der Waals surface area contributed by atoms with Crippen LogP contribution in [-0.2, 0) is 27.7 Å². The topological polar surface area (TPSA) is 76.2 Å². The van der Waals surface area contributed by atoms with Crippen LogP contribution in [0.1, 0.15) is 34.8 Å². The van der Waals surface area contributed by atoms with Crippen LogP contribution >= 0.6 is 11.6 Å². The number of halogens is 4. The zero-order valence-electron chi connectivity index (χ0n) is 19.5. The van der Waals surface area contributed by atoms with Crippen LogP contribution in [0.4, 0.5) is 18.9 Å². The summed E-state index contributed by atoms with van der Waals surface area (Å²) < 4.78 is 74.3. The summed E-state index contributed by atoms with van der Waals surface area (Å²) in [5.41, 5.74) is 2.31. The van der Waals surface area contributed by atoms with Crippen LogP contribution in [0.5, 0.6) is 5.75 Å². The molecule has 2 saturated heterocycles. The molecule has 3 aliphatic rings. The van der Waals surface area contributed by atoms with E-state index in [0.717, 1.165) is 61.2 Å². The summed E-state index contributed by atoms with van der Waals surface area (Å²) >= 11 is 6.59. The van der Waals surface area contributed by atoms with E-state index in [4.69, 9.17) is 21.1 Å². The van der Waals surface area contributed by atoms with Gasteiger partial charge in [0.15, 0.2) is 15.9 Å². The second-order valence-electron chi connectivity index (χ2n) is 9.46. The number of alkyl halides is 3. The third kappa shape index (κ3) is 4.64. The second-order valence-corrected chi connectivity index (χ2v) is 11.9. The average Bonchev–Trinajstić information content (AvgIpc) is 3.52. The van der Waals surface area contributed by atoms with E-state index in [0.29, 0.717) is 11.6 Å². The van der Waals surface area contributed by atoms with E-state index in [1.54, 1.807) is 0 Å². The van der Waals surface area contributed by atoms with Crippen molar-refractivity contribution in [3.63, 3.8) is 0 Å². The van der Waals surface area contributed by atoms with Gasteiger partial charge in [0.2, 0.25) is 0 Å². The third-order valence-corrected chi connectivity index (χ3v) is 8.28. The third-order valence-electron chi connectivity index (χ3n) is 6.86. The molecule has 2 aromatic carbocycles. The van der Waals surface area contributed by atoms with Gasteiger partial charge in [-0.05, 0) is 54.8 Å². The van der Waals surface area contributed by atoms with Crippen LogP contribution in [0.25, 0.3) is 0 Å². The Kier molecular flexibility index (Phi) is 6.16. The summed E-state index contributed by atoms with van der Waals surface area (Å²) in [6.45, 7) is 2.58. The molecule has 0 aromatic heterocycles. The number of hydrogen-bond acceptors (Lipinski definition) is 6. The first-order chi connectivity index (χ1) is 16.8. The van der Waals surface area contributed by atoms with E-state index in [1.807, 2.05) is 12.1 Å². The number of morpholine rings is 1. The smallest absolute Gasteiger partial charge is 0.425 e. The molecule has 3 atom stereocenters. The summed E-state index contributed by atoms with van der Waals surface area (Å²) in [5, 5.41) is 0.553. The zero-order valence-corrected chi connectivity index (χ0v) is 21.1. The molecule has 3 heterocycles. The number of amides is 1. The first-order valence-electron chi connectivity index (χ1n) is 11.4. The molecular formula is C24H24ClF3N2O5S. The molecule has 3 aliphatic heterocycles. The van der Waals surface area contributed by atoms with Crippen molar-refractivity contribution in [2.24, 2.45) is 0 Å². The van der Waals surface area contributed by atoms with Gasteiger partial charge in [-0.15, -0.1) is 0 Å². The van der Waals surface area contributed by atoms with Gasteiger partial charge >= 0.3 is 6.18 Å². The highest BCUT2D eigenvalue weighted by Crippen LogP contribution is 2.40. The molecule has 2 unspecified atom stereocenters. The van der Waals surface area contributed by atoms with Gasteiger partial charge in [0.1, 0.15) is 5.75 Å². The van der Waals surface area contributed by atoms with Gasteiger partial charge in [-0.1, -0.05) is 11.6 Å². The van der Waals surface area contributed by atoms with E-state index in [2.05, 4.69) is 4.90 Å². The maximum absolute atomic E-state index is 13.5. The standard InChI is InChI=1S/C24H24ClF3N2O5S/c1-13(24(26,27)28)35-22-4-3-18(36(2,32)33)8-19(22)23(31)29-9-14-5-20(25)21(6-15(14)10-29)30-11-17-7-16(30)12-34-17/h3-6,8,13,16-17H,7,9-12H2,1-2H3/t13-,16?,17?/m0/s1. The van der Waals surface area contributed by atoms with Crippen LogP contribution in [0.15, 0.2) is 35.2 Å². The molecule has 2 fully saturated rings. The molecule has 2 bridgehead atoms. The Labute approximate surface area is 211 Å². The zero-order chi connectivity index (χ0) is 26.0. The highest BCUT2D eigenvalue weighted by Gasteiger charge is 2.41. The predicted molar refractivity (Wildman–Crippen MR) is 126 cm³/mol. The van der Waals surface area contributed by atoms with Crippen molar-refractivity contribution in [2.75, 3.05) is 24.3 Å². The van der Waals surface area contributed by atoms with Gasteiger partial charge in [0.05, 0.1) is 39.9 Å². The van der Waals surface area contributed by atoms with Gasteiger partial charge in [-0.3, -0.25) is 4.79 Å². The van der Waals surface area contributed by atoms with E-state index >= 15 is 0 Å². The number of anilines is 1. The van der Waals surface area contributed by atoms with Gasteiger partial charge < -0.3 is 19.3 Å². The Morgan fingerprint density at radius 3 is 2.47 bits per heavy atom. The minimum Gasteiger partial charge on any atom is -0.480 e. The summed E-state index contributed by atoms with van der Waals surface area (Å²) in [6.07, 6.45) is -4.77. The maximum atomic E-state index is 13.5. The second kappa shape index (κ2) is 8.81. The number of ether oxygens (including phenoxy) is 2. The summed E-state index contributed by atoms with van der Waals surface area (Å²) in [7, 11) is -3.72. The highest BCUT2D eigenvalue weighted by molar-refractivity contribution is 7.90. The maximum Gasteiger partial charge on any atom is 0.425 e. The highest BCUT2D eigenvalue weighted by atomic mass is 35.5. The molecule has 0 radical (unpaired) electrons. The molecule has 5 rings (SSSR count). The molecule has 194 valence electrons. The molecule has 12 heteroatoms. The fourth-order valence-corrected chi connectivity index (χ4v) is 5.85. The fourth-order valence-electron chi connectivity index (χ4n) is 4.90. The SMILES string of the molecule is C[C@H](Oc1ccc(S(C)(=O)=O)cc1C(=O)N1Cc2cc(Cl)c(N3CC4CC3CO4)cc2C1)C(F)(F)F. The van der Waals surface area contributed by atoms with E-state index in [-0.39, 0.29) is 41.4 Å². The van der Waals surface area contributed by atoms with Crippen LogP contribution in [0.3, 0.4) is 0 Å². The molecule has 0 N–H and O–H groups in total. The Bertz CT molecular complexity index is 1330. The first kappa shape index (κ1) is 25.2. The van der Waals surface area contributed by atoms with Gasteiger partial charge in [0.25, 0.3) is 5.91 Å². The van der Waals surface area contributed by atoms with Crippen molar-refractivity contribution in [3.05, 3.63) is 52.0 Å². The van der Waals surface area contributed by atoms with Crippen molar-refractivity contribution >= 4 is 33.0 Å². The van der Waals surface area contributed by atoms with Crippen LogP contribution in [-0.4, -0.2) is 63.1 Å².